The molecule has 3 N–H and O–H groups in total. The minimum absolute atomic E-state index is 0.0122. The third-order valence-electron chi connectivity index (χ3n) is 8.37. The van der Waals surface area contributed by atoms with Crippen LogP contribution < -0.4 is 15.4 Å². The number of nitrogens with zero attached hydrogens (tertiary/aromatic N) is 1. The zero-order chi connectivity index (χ0) is 34.4. The maximum atomic E-state index is 13.7. The number of hydrogen-bond acceptors (Lipinski definition) is 8. The quantitative estimate of drug-likeness (QED) is 0.237. The summed E-state index contributed by atoms with van der Waals surface area (Å²) in [6.45, 7) is 8.16. The average Bonchev–Trinajstić information content (AvgIpc) is 3.62. The van der Waals surface area contributed by atoms with E-state index in [1.165, 1.54) is 14.0 Å². The molecule has 0 radical (unpaired) electrons. The number of hydrogen-bond donors (Lipinski definition) is 3. The number of H-pyrrole nitrogens is 1. The van der Waals surface area contributed by atoms with Gasteiger partial charge in [0.25, 0.3) is 5.91 Å². The lowest BCUT2D eigenvalue weighted by Crippen LogP contribution is -2.53. The highest BCUT2D eigenvalue weighted by Gasteiger charge is 2.38. The van der Waals surface area contributed by atoms with Crippen LogP contribution in [0.15, 0.2) is 42.5 Å². The van der Waals surface area contributed by atoms with Gasteiger partial charge in [0, 0.05) is 30.3 Å². The number of carbonyl (C=O) groups is 6. The van der Waals surface area contributed by atoms with E-state index in [0.717, 1.165) is 4.90 Å². The minimum Gasteiger partial charge on any atom is -0.496 e. The summed E-state index contributed by atoms with van der Waals surface area (Å²) in [4.78, 5) is 82.6. The number of rotatable bonds is 13. The van der Waals surface area contributed by atoms with E-state index >= 15 is 0 Å². The molecule has 0 spiro atoms. The Morgan fingerprint density at radius 1 is 1.00 bits per heavy atom. The first-order valence-electron chi connectivity index (χ1n) is 15.7. The van der Waals surface area contributed by atoms with Gasteiger partial charge in [0.1, 0.15) is 17.5 Å². The van der Waals surface area contributed by atoms with Crippen LogP contribution in [0.5, 0.6) is 5.75 Å². The number of methoxy groups -OCH3 is 1. The topological polar surface area (TPSA) is 164 Å². The molecule has 2 heterocycles. The van der Waals surface area contributed by atoms with E-state index < -0.39 is 60.0 Å². The van der Waals surface area contributed by atoms with Crippen molar-refractivity contribution < 1.29 is 38.2 Å². The lowest BCUT2D eigenvalue weighted by molar-refractivity contribution is -0.142. The van der Waals surface area contributed by atoms with Crippen molar-refractivity contribution in [3.05, 3.63) is 64.8 Å². The second kappa shape index (κ2) is 15.1. The SMILES string of the molecule is COc1cccc2[nH]c(C(=O)N[C@@H](CC(C)C)C(=O)N[C@@H](C[C@@H]3CCN(C(C)=O)C3=O)C(=O)COC(=O)c3c(C)cccc3C)cc12. The Labute approximate surface area is 273 Å². The van der Waals surface area contributed by atoms with Crippen molar-refractivity contribution in [2.45, 2.75) is 66.0 Å². The summed E-state index contributed by atoms with van der Waals surface area (Å²) in [6, 6.07) is 10.1. The molecule has 3 aromatic rings. The molecule has 1 aliphatic heterocycles. The van der Waals surface area contributed by atoms with Crippen LogP contribution in [0, 0.1) is 25.7 Å². The standard InChI is InChI=1S/C35H42N4O8/c1-19(2)15-27(38-33(43)28-17-24-25(36-28)11-8-12-30(24)46-6)32(42)37-26(16-23-13-14-39(22(5)40)34(23)44)29(41)18-47-35(45)31-20(3)9-7-10-21(31)4/h7-12,17,19,23,26-27,36H,13-16,18H2,1-6H3,(H,37,42)(H,38,43)/t23-,26-,27-/m0/s1. The van der Waals surface area contributed by atoms with Crippen LogP contribution in [0.1, 0.15) is 72.0 Å². The molecule has 0 saturated carbocycles. The number of aromatic amines is 1. The fourth-order valence-corrected chi connectivity index (χ4v) is 5.91. The summed E-state index contributed by atoms with van der Waals surface area (Å²) in [5.74, 6) is -3.43. The Kier molecular flexibility index (Phi) is 11.2. The van der Waals surface area contributed by atoms with Crippen LogP contribution in [0.2, 0.25) is 0 Å². The Hall–Kier alpha value is -5.00. The van der Waals surface area contributed by atoms with Gasteiger partial charge in [-0.2, -0.15) is 0 Å². The first-order valence-corrected chi connectivity index (χ1v) is 15.7. The fraction of sp³-hybridized carbons (Fsp3) is 0.429. The maximum Gasteiger partial charge on any atom is 0.339 e. The van der Waals surface area contributed by atoms with Crippen LogP contribution in [-0.4, -0.2) is 77.6 Å². The monoisotopic (exact) mass is 646 g/mol. The summed E-state index contributed by atoms with van der Waals surface area (Å²) in [6.07, 6.45) is 0.471. The van der Waals surface area contributed by atoms with Crippen molar-refractivity contribution in [1.29, 1.82) is 0 Å². The highest BCUT2D eigenvalue weighted by atomic mass is 16.5. The van der Waals surface area contributed by atoms with E-state index in [4.69, 9.17) is 9.47 Å². The molecular formula is C35H42N4O8. The zero-order valence-corrected chi connectivity index (χ0v) is 27.6. The van der Waals surface area contributed by atoms with Crippen LogP contribution >= 0.6 is 0 Å². The second-order valence-corrected chi connectivity index (χ2v) is 12.4. The smallest absolute Gasteiger partial charge is 0.339 e. The average molecular weight is 647 g/mol. The number of likely N-dealkylation sites (tertiary alicyclic amines) is 1. The third kappa shape index (κ3) is 8.24. The number of nitrogens with one attached hydrogen (secondary N) is 3. The Morgan fingerprint density at radius 3 is 2.30 bits per heavy atom. The normalized spacial score (nSPS) is 15.8. The van der Waals surface area contributed by atoms with E-state index in [1.54, 1.807) is 50.2 Å². The van der Waals surface area contributed by atoms with Crippen molar-refractivity contribution in [1.82, 2.24) is 20.5 Å². The van der Waals surface area contributed by atoms with Gasteiger partial charge < -0.3 is 25.1 Å². The van der Waals surface area contributed by atoms with Crippen molar-refractivity contribution in [2.24, 2.45) is 11.8 Å². The summed E-state index contributed by atoms with van der Waals surface area (Å²) >= 11 is 0. The largest absolute Gasteiger partial charge is 0.496 e. The highest BCUT2D eigenvalue weighted by molar-refractivity contribution is 6.02. The lowest BCUT2D eigenvalue weighted by Gasteiger charge is -2.25. The molecule has 0 bridgehead atoms. The molecular weight excluding hydrogens is 604 g/mol. The second-order valence-electron chi connectivity index (χ2n) is 12.4. The van der Waals surface area contributed by atoms with Gasteiger partial charge in [0.2, 0.25) is 17.7 Å². The molecule has 12 nitrogen and oxygen atoms in total. The number of Topliss-reactive ketones (excluding diaryl/α,β-unsaturated/α-hetero) is 1. The summed E-state index contributed by atoms with van der Waals surface area (Å²) < 4.78 is 10.8. The molecule has 2 aromatic carbocycles. The first kappa shape index (κ1) is 34.9. The number of esters is 1. The Morgan fingerprint density at radius 2 is 1.68 bits per heavy atom. The van der Waals surface area contributed by atoms with Crippen LogP contribution in [-0.2, 0) is 23.9 Å². The van der Waals surface area contributed by atoms with Crippen LogP contribution in [0.25, 0.3) is 10.9 Å². The maximum absolute atomic E-state index is 13.7. The van der Waals surface area contributed by atoms with Crippen molar-refractivity contribution in [3.63, 3.8) is 0 Å². The van der Waals surface area contributed by atoms with E-state index in [0.29, 0.717) is 39.8 Å². The Bertz CT molecular complexity index is 1670. The number of aryl methyl sites for hydroxylation is 2. The predicted molar refractivity (Wildman–Crippen MR) is 174 cm³/mol. The first-order chi connectivity index (χ1) is 22.3. The number of ether oxygens (including phenoxy) is 2. The molecule has 4 amide bonds. The van der Waals surface area contributed by atoms with E-state index in [1.807, 2.05) is 19.9 Å². The molecule has 1 aromatic heterocycles. The van der Waals surface area contributed by atoms with Crippen molar-refractivity contribution in [3.8, 4) is 5.75 Å². The van der Waals surface area contributed by atoms with Gasteiger partial charge in [-0.1, -0.05) is 38.1 Å². The van der Waals surface area contributed by atoms with Gasteiger partial charge in [-0.25, -0.2) is 4.79 Å². The summed E-state index contributed by atoms with van der Waals surface area (Å²) in [5, 5.41) is 6.20. The molecule has 1 saturated heterocycles. The van der Waals surface area contributed by atoms with Gasteiger partial charge in [-0.05, 0) is 68.4 Å². The van der Waals surface area contributed by atoms with Gasteiger partial charge in [0.15, 0.2) is 12.4 Å². The molecule has 0 unspecified atom stereocenters. The van der Waals surface area contributed by atoms with E-state index in [-0.39, 0.29) is 31.0 Å². The van der Waals surface area contributed by atoms with Crippen LogP contribution in [0.4, 0.5) is 0 Å². The molecule has 1 aliphatic rings. The predicted octanol–water partition coefficient (Wildman–Crippen LogP) is 3.63. The lowest BCUT2D eigenvalue weighted by atomic mass is 9.95. The molecule has 3 atom stereocenters. The zero-order valence-electron chi connectivity index (χ0n) is 27.6. The highest BCUT2D eigenvalue weighted by Crippen LogP contribution is 2.27. The molecule has 0 aliphatic carbocycles. The number of ketones is 1. The van der Waals surface area contributed by atoms with Gasteiger partial charge in [-0.3, -0.25) is 28.9 Å². The third-order valence-corrected chi connectivity index (χ3v) is 8.37. The minimum atomic E-state index is -1.22. The van der Waals surface area contributed by atoms with Gasteiger partial charge in [-0.15, -0.1) is 0 Å². The number of imide groups is 1. The molecule has 250 valence electrons. The van der Waals surface area contributed by atoms with Crippen molar-refractivity contribution in [2.75, 3.05) is 20.3 Å². The van der Waals surface area contributed by atoms with Crippen LogP contribution in [0.3, 0.4) is 0 Å². The summed E-state index contributed by atoms with van der Waals surface area (Å²) in [7, 11) is 1.53. The van der Waals surface area contributed by atoms with Gasteiger partial charge >= 0.3 is 5.97 Å². The van der Waals surface area contributed by atoms with E-state index in [2.05, 4.69) is 15.6 Å². The number of aromatic nitrogens is 1. The number of amides is 4. The fourth-order valence-electron chi connectivity index (χ4n) is 5.91. The van der Waals surface area contributed by atoms with E-state index in [9.17, 15) is 28.8 Å². The number of carbonyl (C=O) groups excluding carboxylic acids is 6. The molecule has 47 heavy (non-hydrogen) atoms. The molecule has 12 heteroatoms. The molecule has 4 rings (SSSR count). The van der Waals surface area contributed by atoms with Gasteiger partial charge in [0.05, 0.1) is 18.7 Å². The Balaban J connectivity index is 1.53. The molecule has 1 fully saturated rings. The summed E-state index contributed by atoms with van der Waals surface area (Å²) in [5.41, 5.74) is 2.63. The van der Waals surface area contributed by atoms with Crippen molar-refractivity contribution >= 4 is 46.3 Å². The number of benzene rings is 2. The number of fused-ring (bicyclic) bond motifs is 1.